The lowest BCUT2D eigenvalue weighted by Gasteiger charge is -2.03. The van der Waals surface area contributed by atoms with Crippen molar-refractivity contribution in [3.05, 3.63) is 42.6 Å². The third-order valence-electron chi connectivity index (χ3n) is 1.86. The first-order valence-corrected chi connectivity index (χ1v) is 7.23. The standard InChI is InChI=1S/C10H7Br2ClN2S/c11-7-4-6(16-10(7)12)5-14-9-3-1-2-8(13)15-9/h1-4H,5H2,(H,14,15). The molecule has 0 aromatic carbocycles. The van der Waals surface area contributed by atoms with Crippen molar-refractivity contribution in [3.8, 4) is 0 Å². The van der Waals surface area contributed by atoms with Gasteiger partial charge in [-0.15, -0.1) is 11.3 Å². The molecule has 0 fully saturated rings. The smallest absolute Gasteiger partial charge is 0.131 e. The Bertz CT molecular complexity index is 482. The van der Waals surface area contributed by atoms with Crippen molar-refractivity contribution in [1.82, 2.24) is 4.98 Å². The average Bonchev–Trinajstić information content (AvgIpc) is 2.56. The second kappa shape index (κ2) is 5.49. The summed E-state index contributed by atoms with van der Waals surface area (Å²) in [6.45, 7) is 0.738. The summed E-state index contributed by atoms with van der Waals surface area (Å²) in [5.74, 6) is 0.785. The molecule has 0 saturated heterocycles. The molecule has 0 bridgehead atoms. The molecule has 0 unspecified atom stereocenters. The number of pyridine rings is 1. The van der Waals surface area contributed by atoms with Crippen LogP contribution in [0.5, 0.6) is 0 Å². The Morgan fingerprint density at radius 1 is 1.38 bits per heavy atom. The highest BCUT2D eigenvalue weighted by atomic mass is 79.9. The fourth-order valence-electron chi connectivity index (χ4n) is 1.16. The van der Waals surface area contributed by atoms with Crippen LogP contribution in [-0.4, -0.2) is 4.98 Å². The Hall–Kier alpha value is -0.100. The van der Waals surface area contributed by atoms with E-state index >= 15 is 0 Å². The minimum atomic E-state index is 0.499. The molecular formula is C10H7Br2ClN2S. The summed E-state index contributed by atoms with van der Waals surface area (Å²) in [6.07, 6.45) is 0. The highest BCUT2D eigenvalue weighted by Gasteiger charge is 2.04. The van der Waals surface area contributed by atoms with E-state index in [-0.39, 0.29) is 0 Å². The molecule has 0 aliphatic carbocycles. The van der Waals surface area contributed by atoms with E-state index in [1.165, 1.54) is 4.88 Å². The lowest BCUT2D eigenvalue weighted by atomic mass is 10.4. The molecule has 2 aromatic rings. The Morgan fingerprint density at radius 3 is 2.81 bits per heavy atom. The molecule has 6 heteroatoms. The molecule has 84 valence electrons. The fraction of sp³-hybridized carbons (Fsp3) is 0.100. The van der Waals surface area contributed by atoms with Crippen molar-refractivity contribution in [1.29, 1.82) is 0 Å². The maximum atomic E-state index is 5.79. The minimum Gasteiger partial charge on any atom is -0.365 e. The largest absolute Gasteiger partial charge is 0.365 e. The van der Waals surface area contributed by atoms with Crippen LogP contribution in [0.15, 0.2) is 32.5 Å². The van der Waals surface area contributed by atoms with Crippen molar-refractivity contribution in [2.24, 2.45) is 0 Å². The first-order valence-electron chi connectivity index (χ1n) is 4.45. The molecule has 0 radical (unpaired) electrons. The highest BCUT2D eigenvalue weighted by molar-refractivity contribution is 9.13. The monoisotopic (exact) mass is 380 g/mol. The Morgan fingerprint density at radius 2 is 2.19 bits per heavy atom. The van der Waals surface area contributed by atoms with E-state index in [1.807, 2.05) is 12.1 Å². The lowest BCUT2D eigenvalue weighted by Crippen LogP contribution is -1.99. The molecule has 0 atom stereocenters. The zero-order valence-electron chi connectivity index (χ0n) is 8.01. The first-order chi connectivity index (χ1) is 7.65. The summed E-state index contributed by atoms with van der Waals surface area (Å²) < 4.78 is 2.18. The van der Waals surface area contributed by atoms with Gasteiger partial charge in [0.15, 0.2) is 0 Å². The Balaban J connectivity index is 2.02. The van der Waals surface area contributed by atoms with Gasteiger partial charge < -0.3 is 5.32 Å². The van der Waals surface area contributed by atoms with Gasteiger partial charge in [0, 0.05) is 9.35 Å². The number of halogens is 3. The van der Waals surface area contributed by atoms with Crippen LogP contribution in [0, 0.1) is 0 Å². The van der Waals surface area contributed by atoms with E-state index in [4.69, 9.17) is 11.6 Å². The first kappa shape index (κ1) is 12.4. The van der Waals surface area contributed by atoms with Gasteiger partial charge in [-0.05, 0) is 50.1 Å². The van der Waals surface area contributed by atoms with Gasteiger partial charge in [0.25, 0.3) is 0 Å². The van der Waals surface area contributed by atoms with Crippen LogP contribution < -0.4 is 5.32 Å². The maximum Gasteiger partial charge on any atom is 0.131 e. The second-order valence-corrected chi connectivity index (χ2v) is 6.73. The topological polar surface area (TPSA) is 24.9 Å². The molecule has 0 spiro atoms. The number of rotatable bonds is 3. The van der Waals surface area contributed by atoms with Crippen LogP contribution in [0.2, 0.25) is 5.15 Å². The summed E-state index contributed by atoms with van der Waals surface area (Å²) in [6, 6.07) is 7.60. The molecule has 2 rings (SSSR count). The highest BCUT2D eigenvalue weighted by Crippen LogP contribution is 2.32. The van der Waals surface area contributed by atoms with Crippen LogP contribution in [0.4, 0.5) is 5.82 Å². The molecule has 0 saturated carbocycles. The number of aromatic nitrogens is 1. The molecular weight excluding hydrogens is 375 g/mol. The summed E-state index contributed by atoms with van der Waals surface area (Å²) in [4.78, 5) is 5.38. The zero-order valence-corrected chi connectivity index (χ0v) is 12.8. The third kappa shape index (κ3) is 3.20. The Labute approximate surface area is 119 Å². The van der Waals surface area contributed by atoms with Gasteiger partial charge in [0.2, 0.25) is 0 Å². The van der Waals surface area contributed by atoms with Crippen molar-refractivity contribution in [2.45, 2.75) is 6.54 Å². The SMILES string of the molecule is Clc1cccc(NCc2cc(Br)c(Br)s2)n1. The zero-order chi connectivity index (χ0) is 11.5. The van der Waals surface area contributed by atoms with E-state index in [0.717, 1.165) is 20.6 Å². The summed E-state index contributed by atoms with van der Waals surface area (Å²) in [7, 11) is 0. The molecule has 2 aromatic heterocycles. The number of hydrogen-bond acceptors (Lipinski definition) is 3. The van der Waals surface area contributed by atoms with Gasteiger partial charge in [-0.1, -0.05) is 17.7 Å². The van der Waals surface area contributed by atoms with Crippen molar-refractivity contribution in [3.63, 3.8) is 0 Å². The van der Waals surface area contributed by atoms with Crippen LogP contribution >= 0.6 is 54.8 Å². The van der Waals surface area contributed by atoms with E-state index in [1.54, 1.807) is 17.4 Å². The summed E-state index contributed by atoms with van der Waals surface area (Å²) in [5.41, 5.74) is 0. The molecule has 1 N–H and O–H groups in total. The van der Waals surface area contributed by atoms with Crippen molar-refractivity contribution < 1.29 is 0 Å². The number of anilines is 1. The van der Waals surface area contributed by atoms with Gasteiger partial charge in [-0.3, -0.25) is 0 Å². The van der Waals surface area contributed by atoms with Crippen LogP contribution in [0.3, 0.4) is 0 Å². The van der Waals surface area contributed by atoms with Crippen LogP contribution in [0.25, 0.3) is 0 Å². The van der Waals surface area contributed by atoms with Gasteiger partial charge in [0.1, 0.15) is 11.0 Å². The number of nitrogens with zero attached hydrogens (tertiary/aromatic N) is 1. The molecule has 16 heavy (non-hydrogen) atoms. The van der Waals surface area contributed by atoms with E-state index in [9.17, 15) is 0 Å². The summed E-state index contributed by atoms with van der Waals surface area (Å²) >= 11 is 14.4. The quantitative estimate of drug-likeness (QED) is 0.761. The van der Waals surface area contributed by atoms with Gasteiger partial charge in [0.05, 0.1) is 10.3 Å². The minimum absolute atomic E-state index is 0.499. The predicted octanol–water partition coefficient (Wildman–Crippen LogP) is 4.93. The van der Waals surface area contributed by atoms with Gasteiger partial charge >= 0.3 is 0 Å². The van der Waals surface area contributed by atoms with E-state index in [0.29, 0.717) is 5.15 Å². The van der Waals surface area contributed by atoms with Crippen molar-refractivity contribution in [2.75, 3.05) is 5.32 Å². The molecule has 2 nitrogen and oxygen atoms in total. The number of nitrogens with one attached hydrogen (secondary N) is 1. The molecule has 0 amide bonds. The van der Waals surface area contributed by atoms with Gasteiger partial charge in [-0.25, -0.2) is 4.98 Å². The van der Waals surface area contributed by atoms with Crippen molar-refractivity contribution >= 4 is 60.6 Å². The third-order valence-corrected chi connectivity index (χ3v) is 5.32. The van der Waals surface area contributed by atoms with Gasteiger partial charge in [-0.2, -0.15) is 0 Å². The number of thiophene rings is 1. The Kier molecular flexibility index (Phi) is 4.24. The molecule has 0 aliphatic heterocycles. The normalized spacial score (nSPS) is 10.4. The van der Waals surface area contributed by atoms with E-state index in [2.05, 4.69) is 48.2 Å². The lowest BCUT2D eigenvalue weighted by molar-refractivity contribution is 1.14. The maximum absolute atomic E-state index is 5.79. The van der Waals surface area contributed by atoms with Crippen LogP contribution in [-0.2, 0) is 6.54 Å². The average molecular weight is 383 g/mol. The number of hydrogen-bond donors (Lipinski definition) is 1. The van der Waals surface area contributed by atoms with Crippen LogP contribution in [0.1, 0.15) is 4.88 Å². The summed E-state index contributed by atoms with van der Waals surface area (Å²) in [5, 5.41) is 3.71. The molecule has 2 heterocycles. The second-order valence-electron chi connectivity index (χ2n) is 3.03. The predicted molar refractivity (Wildman–Crippen MR) is 76.3 cm³/mol. The van der Waals surface area contributed by atoms with E-state index < -0.39 is 0 Å². The fourth-order valence-corrected chi connectivity index (χ4v) is 3.44. The molecule has 0 aliphatic rings.